The first-order chi connectivity index (χ1) is 12.8. The van der Waals surface area contributed by atoms with Crippen LogP contribution in [0.3, 0.4) is 0 Å². The van der Waals surface area contributed by atoms with Crippen LogP contribution in [0.4, 0.5) is 5.69 Å². The molecular weight excluding hydrogens is 332 g/mol. The number of rotatable bonds is 5. The molecule has 6 nitrogen and oxygen atoms in total. The zero-order chi connectivity index (χ0) is 17.8. The number of nitrogens with one attached hydrogen (secondary N) is 1. The van der Waals surface area contributed by atoms with Crippen molar-refractivity contribution in [2.45, 2.75) is 18.9 Å². The van der Waals surface area contributed by atoms with Crippen molar-refractivity contribution in [2.24, 2.45) is 0 Å². The van der Waals surface area contributed by atoms with Gasteiger partial charge in [-0.3, -0.25) is 9.69 Å². The van der Waals surface area contributed by atoms with Gasteiger partial charge < -0.3 is 19.5 Å². The molecule has 4 rings (SSSR count). The molecule has 2 heterocycles. The summed E-state index contributed by atoms with van der Waals surface area (Å²) in [6.07, 6.45) is 2.06. The fraction of sp³-hybridized carbons (Fsp3) is 0.350. The fourth-order valence-electron chi connectivity index (χ4n) is 3.25. The van der Waals surface area contributed by atoms with Crippen molar-refractivity contribution < 1.29 is 19.0 Å². The molecule has 1 fully saturated rings. The summed E-state index contributed by atoms with van der Waals surface area (Å²) >= 11 is 0. The smallest absolute Gasteiger partial charge is 0.238 e. The van der Waals surface area contributed by atoms with Gasteiger partial charge in [0.25, 0.3) is 0 Å². The largest absolute Gasteiger partial charge is 0.490 e. The van der Waals surface area contributed by atoms with E-state index in [9.17, 15) is 4.79 Å². The molecule has 0 atom stereocenters. The number of likely N-dealkylation sites (tertiary alicyclic amines) is 1. The minimum absolute atomic E-state index is 0.0220. The summed E-state index contributed by atoms with van der Waals surface area (Å²) in [5, 5.41) is 2.92. The van der Waals surface area contributed by atoms with Gasteiger partial charge >= 0.3 is 0 Å². The highest BCUT2D eigenvalue weighted by Gasteiger charge is 2.22. The van der Waals surface area contributed by atoms with E-state index in [4.69, 9.17) is 14.2 Å². The lowest BCUT2D eigenvalue weighted by Crippen LogP contribution is -2.42. The molecule has 1 amide bonds. The quantitative estimate of drug-likeness (QED) is 0.895. The third-order valence-electron chi connectivity index (χ3n) is 4.60. The van der Waals surface area contributed by atoms with Crippen LogP contribution < -0.4 is 19.5 Å². The van der Waals surface area contributed by atoms with E-state index in [1.807, 2.05) is 42.5 Å². The fourth-order valence-corrected chi connectivity index (χ4v) is 3.25. The Bertz CT molecular complexity index is 758. The van der Waals surface area contributed by atoms with Gasteiger partial charge in [-0.1, -0.05) is 18.2 Å². The number of amides is 1. The molecule has 1 saturated heterocycles. The summed E-state index contributed by atoms with van der Waals surface area (Å²) in [5.74, 6) is 2.27. The second-order valence-electron chi connectivity index (χ2n) is 6.52. The zero-order valence-corrected chi connectivity index (χ0v) is 14.5. The molecule has 26 heavy (non-hydrogen) atoms. The van der Waals surface area contributed by atoms with Crippen LogP contribution in [0.2, 0.25) is 0 Å². The topological polar surface area (TPSA) is 60.0 Å². The van der Waals surface area contributed by atoms with Crippen LogP contribution in [-0.4, -0.2) is 43.3 Å². The van der Waals surface area contributed by atoms with Crippen molar-refractivity contribution in [1.29, 1.82) is 0 Å². The highest BCUT2D eigenvalue weighted by atomic mass is 16.7. The van der Waals surface area contributed by atoms with Crippen LogP contribution in [0.15, 0.2) is 48.5 Å². The lowest BCUT2D eigenvalue weighted by atomic mass is 10.1. The Morgan fingerprint density at radius 3 is 2.65 bits per heavy atom. The van der Waals surface area contributed by atoms with Crippen LogP contribution in [-0.2, 0) is 4.79 Å². The van der Waals surface area contributed by atoms with Crippen molar-refractivity contribution >= 4 is 11.6 Å². The third-order valence-corrected chi connectivity index (χ3v) is 4.60. The number of anilines is 1. The van der Waals surface area contributed by atoms with Crippen molar-refractivity contribution in [1.82, 2.24) is 4.90 Å². The first-order valence-electron chi connectivity index (χ1n) is 8.90. The van der Waals surface area contributed by atoms with Crippen molar-refractivity contribution in [3.05, 3.63) is 48.5 Å². The first-order valence-corrected chi connectivity index (χ1v) is 8.90. The second-order valence-corrected chi connectivity index (χ2v) is 6.52. The molecule has 0 bridgehead atoms. The number of benzene rings is 2. The molecule has 6 heteroatoms. The van der Waals surface area contributed by atoms with Crippen LogP contribution in [0.1, 0.15) is 12.8 Å². The van der Waals surface area contributed by atoms with Gasteiger partial charge in [-0.2, -0.15) is 0 Å². The number of para-hydroxylation sites is 1. The summed E-state index contributed by atoms with van der Waals surface area (Å²) in [4.78, 5) is 14.5. The van der Waals surface area contributed by atoms with Crippen LogP contribution in [0, 0.1) is 0 Å². The van der Waals surface area contributed by atoms with Gasteiger partial charge in [0.1, 0.15) is 11.9 Å². The molecule has 0 radical (unpaired) electrons. The Kier molecular flexibility index (Phi) is 4.93. The van der Waals surface area contributed by atoms with Gasteiger partial charge in [0.15, 0.2) is 11.5 Å². The van der Waals surface area contributed by atoms with Gasteiger partial charge in [0, 0.05) is 24.8 Å². The van der Waals surface area contributed by atoms with Crippen molar-refractivity contribution in [3.8, 4) is 17.2 Å². The Morgan fingerprint density at radius 1 is 1.08 bits per heavy atom. The minimum atomic E-state index is -0.0220. The predicted molar refractivity (Wildman–Crippen MR) is 97.7 cm³/mol. The molecule has 0 saturated carbocycles. The molecule has 2 aliphatic rings. The molecule has 2 aliphatic heterocycles. The highest BCUT2D eigenvalue weighted by molar-refractivity contribution is 5.92. The van der Waals surface area contributed by atoms with Gasteiger partial charge in [-0.25, -0.2) is 0 Å². The van der Waals surface area contributed by atoms with E-state index in [2.05, 4.69) is 10.2 Å². The highest BCUT2D eigenvalue weighted by Crippen LogP contribution is 2.34. The SMILES string of the molecule is O=C(CN1CCC(Oc2ccccc2)CC1)Nc1ccc2c(c1)OCO2. The van der Waals surface area contributed by atoms with E-state index in [1.165, 1.54) is 0 Å². The molecule has 1 N–H and O–H groups in total. The van der Waals surface area contributed by atoms with Crippen LogP contribution in [0.25, 0.3) is 0 Å². The van der Waals surface area contributed by atoms with Gasteiger partial charge in [0.2, 0.25) is 12.7 Å². The molecule has 2 aromatic carbocycles. The van der Waals surface area contributed by atoms with Crippen LogP contribution >= 0.6 is 0 Å². The number of ether oxygens (including phenoxy) is 3. The molecule has 0 spiro atoms. The molecule has 0 aliphatic carbocycles. The van der Waals surface area contributed by atoms with Gasteiger partial charge in [-0.15, -0.1) is 0 Å². The summed E-state index contributed by atoms with van der Waals surface area (Å²) in [7, 11) is 0. The molecule has 0 unspecified atom stereocenters. The Hall–Kier alpha value is -2.73. The maximum Gasteiger partial charge on any atom is 0.238 e. The lowest BCUT2D eigenvalue weighted by Gasteiger charge is -2.31. The van der Waals surface area contributed by atoms with E-state index in [1.54, 1.807) is 6.07 Å². The molecule has 136 valence electrons. The standard InChI is InChI=1S/C20H22N2O4/c23-20(21-15-6-7-18-19(12-15)25-14-24-18)13-22-10-8-17(9-11-22)26-16-4-2-1-3-5-16/h1-7,12,17H,8-11,13-14H2,(H,21,23). The number of piperidine rings is 1. The average molecular weight is 354 g/mol. The normalized spacial score (nSPS) is 17.1. The molecule has 2 aromatic rings. The maximum absolute atomic E-state index is 12.3. The minimum Gasteiger partial charge on any atom is -0.490 e. The van der Waals surface area contributed by atoms with Gasteiger partial charge in [0.05, 0.1) is 6.54 Å². The third kappa shape index (κ3) is 4.08. The summed E-state index contributed by atoms with van der Waals surface area (Å²) in [5.41, 5.74) is 0.724. The number of fused-ring (bicyclic) bond motifs is 1. The van der Waals surface area contributed by atoms with Crippen molar-refractivity contribution in [2.75, 3.05) is 31.7 Å². The Balaban J connectivity index is 1.23. The van der Waals surface area contributed by atoms with E-state index < -0.39 is 0 Å². The Morgan fingerprint density at radius 2 is 1.85 bits per heavy atom. The van der Waals surface area contributed by atoms with Crippen LogP contribution in [0.5, 0.6) is 17.2 Å². The monoisotopic (exact) mass is 354 g/mol. The maximum atomic E-state index is 12.3. The number of nitrogens with zero attached hydrogens (tertiary/aromatic N) is 1. The number of carbonyl (C=O) groups is 1. The Labute approximate surface area is 152 Å². The zero-order valence-electron chi connectivity index (χ0n) is 14.5. The lowest BCUT2D eigenvalue weighted by molar-refractivity contribution is -0.117. The number of carbonyl (C=O) groups excluding carboxylic acids is 1. The predicted octanol–water partition coefficient (Wildman–Crippen LogP) is 2.90. The van der Waals surface area contributed by atoms with E-state index >= 15 is 0 Å². The summed E-state index contributed by atoms with van der Waals surface area (Å²) in [6, 6.07) is 15.3. The first kappa shape index (κ1) is 16.7. The number of hydrogen-bond donors (Lipinski definition) is 1. The van der Waals surface area contributed by atoms with Gasteiger partial charge in [-0.05, 0) is 37.1 Å². The summed E-state index contributed by atoms with van der Waals surface area (Å²) in [6.45, 7) is 2.32. The molecular formula is C20H22N2O4. The van der Waals surface area contributed by atoms with Crippen molar-refractivity contribution in [3.63, 3.8) is 0 Å². The van der Waals surface area contributed by atoms with E-state index in [-0.39, 0.29) is 18.8 Å². The average Bonchev–Trinajstić information content (AvgIpc) is 3.12. The van der Waals surface area contributed by atoms with E-state index in [0.717, 1.165) is 37.4 Å². The second kappa shape index (κ2) is 7.66. The molecule has 0 aromatic heterocycles. The van der Waals surface area contributed by atoms with E-state index in [0.29, 0.717) is 18.0 Å². The number of hydrogen-bond acceptors (Lipinski definition) is 5. The summed E-state index contributed by atoms with van der Waals surface area (Å²) < 4.78 is 16.6.